The first-order valence-electron chi connectivity index (χ1n) is 6.91. The molecule has 0 radical (unpaired) electrons. The van der Waals surface area contributed by atoms with Crippen LogP contribution in [0, 0.1) is 5.92 Å². The van der Waals surface area contributed by atoms with Crippen LogP contribution in [0.4, 0.5) is 0 Å². The van der Waals surface area contributed by atoms with Gasteiger partial charge in [-0.2, -0.15) is 0 Å². The van der Waals surface area contributed by atoms with Gasteiger partial charge in [0.2, 0.25) is 0 Å². The van der Waals surface area contributed by atoms with E-state index < -0.39 is 0 Å². The van der Waals surface area contributed by atoms with Gasteiger partial charge in [0.15, 0.2) is 0 Å². The highest BCUT2D eigenvalue weighted by atomic mass is 31.1. The molecule has 2 atom stereocenters. The molecular formula is C15H25O2P. The number of hydrogen-bond donors (Lipinski definition) is 0. The van der Waals surface area contributed by atoms with Crippen LogP contribution >= 0.6 is 7.53 Å². The van der Waals surface area contributed by atoms with Crippen molar-refractivity contribution in [2.45, 2.75) is 53.1 Å². The highest BCUT2D eigenvalue weighted by molar-refractivity contribution is 7.49. The van der Waals surface area contributed by atoms with E-state index in [0.29, 0.717) is 12.5 Å². The second-order valence-corrected chi connectivity index (χ2v) is 7.19. The minimum atomic E-state index is -0.268. The molecule has 0 amide bonds. The summed E-state index contributed by atoms with van der Waals surface area (Å²) >= 11 is 0. The summed E-state index contributed by atoms with van der Waals surface area (Å²) < 4.78 is 5.27. The third kappa shape index (κ3) is 3.17. The zero-order valence-electron chi connectivity index (χ0n) is 12.2. The van der Waals surface area contributed by atoms with E-state index in [4.69, 9.17) is 4.74 Å². The Morgan fingerprint density at radius 1 is 1.33 bits per heavy atom. The molecule has 0 saturated carbocycles. The Labute approximate surface area is 112 Å². The van der Waals surface area contributed by atoms with E-state index in [9.17, 15) is 4.79 Å². The zero-order valence-corrected chi connectivity index (χ0v) is 13.1. The lowest BCUT2D eigenvalue weighted by Gasteiger charge is -2.22. The molecule has 18 heavy (non-hydrogen) atoms. The molecule has 0 aliphatic rings. The highest BCUT2D eigenvalue weighted by Gasteiger charge is 2.29. The van der Waals surface area contributed by atoms with Gasteiger partial charge in [0.1, 0.15) is 0 Å². The van der Waals surface area contributed by atoms with Crippen molar-refractivity contribution in [1.29, 1.82) is 0 Å². The van der Waals surface area contributed by atoms with E-state index >= 15 is 0 Å². The van der Waals surface area contributed by atoms with E-state index in [1.54, 1.807) is 0 Å². The Hall–Kier alpha value is -0.750. The van der Waals surface area contributed by atoms with Gasteiger partial charge in [0.25, 0.3) is 0 Å². The SMILES string of the molecule is CCOC(=O)C(c1c(CC)ccp1CC)C(C)C. The maximum Gasteiger partial charge on any atom is 0.314 e. The molecule has 1 aromatic rings. The number of carbonyl (C=O) groups is 1. The van der Waals surface area contributed by atoms with Crippen LogP contribution in [0.2, 0.25) is 0 Å². The van der Waals surface area contributed by atoms with Gasteiger partial charge in [-0.25, -0.2) is 0 Å². The lowest BCUT2D eigenvalue weighted by Crippen LogP contribution is -2.21. The van der Waals surface area contributed by atoms with E-state index in [1.807, 2.05) is 6.92 Å². The molecule has 3 heteroatoms. The molecule has 2 unspecified atom stereocenters. The molecule has 0 aliphatic heterocycles. The topological polar surface area (TPSA) is 26.3 Å². The molecule has 1 aromatic heterocycles. The van der Waals surface area contributed by atoms with Crippen LogP contribution in [0.15, 0.2) is 11.9 Å². The van der Waals surface area contributed by atoms with Gasteiger partial charge in [-0.15, -0.1) is 7.53 Å². The van der Waals surface area contributed by atoms with Crippen molar-refractivity contribution in [2.24, 2.45) is 5.92 Å². The summed E-state index contributed by atoms with van der Waals surface area (Å²) in [5.74, 6) is 2.51. The molecule has 2 nitrogen and oxygen atoms in total. The van der Waals surface area contributed by atoms with E-state index in [0.717, 1.165) is 12.6 Å². The second kappa shape index (κ2) is 6.99. The van der Waals surface area contributed by atoms with Crippen molar-refractivity contribution in [1.82, 2.24) is 0 Å². The Bertz CT molecular complexity index is 372. The van der Waals surface area contributed by atoms with Gasteiger partial charge in [0, 0.05) is 0 Å². The Kier molecular flexibility index (Phi) is 5.95. The number of ether oxygens (including phenoxy) is 1. The number of aryl methyl sites for hydroxylation is 2. The minimum absolute atomic E-state index is 0.0434. The van der Waals surface area contributed by atoms with Gasteiger partial charge in [-0.1, -0.05) is 33.8 Å². The molecule has 0 aromatic carbocycles. The van der Waals surface area contributed by atoms with E-state index in [2.05, 4.69) is 39.6 Å². The van der Waals surface area contributed by atoms with Crippen molar-refractivity contribution in [3.63, 3.8) is 0 Å². The Balaban J connectivity index is 3.19. The van der Waals surface area contributed by atoms with Crippen LogP contribution in [0.25, 0.3) is 0 Å². The van der Waals surface area contributed by atoms with Gasteiger partial charge in [-0.05, 0) is 42.1 Å². The molecule has 0 bridgehead atoms. The van der Waals surface area contributed by atoms with E-state index in [1.165, 1.54) is 10.9 Å². The van der Waals surface area contributed by atoms with Crippen molar-refractivity contribution in [3.8, 4) is 0 Å². The van der Waals surface area contributed by atoms with Crippen LogP contribution in [0.3, 0.4) is 0 Å². The maximum absolute atomic E-state index is 12.2. The van der Waals surface area contributed by atoms with Crippen molar-refractivity contribution < 1.29 is 9.53 Å². The molecule has 1 heterocycles. The van der Waals surface area contributed by atoms with Gasteiger partial charge < -0.3 is 4.74 Å². The molecule has 0 fully saturated rings. The molecule has 0 saturated heterocycles. The smallest absolute Gasteiger partial charge is 0.314 e. The largest absolute Gasteiger partial charge is 0.466 e. The Morgan fingerprint density at radius 3 is 2.44 bits per heavy atom. The van der Waals surface area contributed by atoms with Gasteiger partial charge >= 0.3 is 5.97 Å². The lowest BCUT2D eigenvalue weighted by molar-refractivity contribution is -0.146. The zero-order chi connectivity index (χ0) is 13.7. The van der Waals surface area contributed by atoms with Crippen molar-refractivity contribution in [3.05, 3.63) is 22.7 Å². The molecule has 0 spiro atoms. The highest BCUT2D eigenvalue weighted by Crippen LogP contribution is 2.45. The molecule has 0 aliphatic carbocycles. The summed E-state index contributed by atoms with van der Waals surface area (Å²) in [6, 6.07) is 2.22. The normalized spacial score (nSPS) is 13.8. The third-order valence-corrected chi connectivity index (χ3v) is 5.69. The molecular weight excluding hydrogens is 243 g/mol. The van der Waals surface area contributed by atoms with Gasteiger partial charge in [-0.3, -0.25) is 4.79 Å². The minimum Gasteiger partial charge on any atom is -0.466 e. The van der Waals surface area contributed by atoms with Gasteiger partial charge in [0.05, 0.1) is 12.5 Å². The standard InChI is InChI=1S/C15H25O2P/c1-6-12-9-10-18(8-3)14(12)13(11(4)5)15(16)17-7-2/h9-11,13H,6-8H2,1-5H3. The van der Waals surface area contributed by atoms with Crippen LogP contribution in [0.5, 0.6) is 0 Å². The van der Waals surface area contributed by atoms with Crippen LogP contribution in [-0.2, 0) is 22.1 Å². The molecule has 1 rings (SSSR count). The number of carbonyl (C=O) groups excluding carboxylic acids is 1. The molecule has 102 valence electrons. The lowest BCUT2D eigenvalue weighted by atomic mass is 9.91. The summed E-state index contributed by atoms with van der Waals surface area (Å²) in [5.41, 5.74) is 1.36. The maximum atomic E-state index is 12.2. The first-order chi connectivity index (χ1) is 8.56. The summed E-state index contributed by atoms with van der Waals surface area (Å²) in [6.45, 7) is 10.9. The van der Waals surface area contributed by atoms with Crippen LogP contribution < -0.4 is 0 Å². The van der Waals surface area contributed by atoms with Crippen molar-refractivity contribution >= 4 is 13.5 Å². The summed E-state index contributed by atoms with van der Waals surface area (Å²) in [7, 11) is -0.268. The van der Waals surface area contributed by atoms with E-state index in [-0.39, 0.29) is 19.4 Å². The average molecular weight is 268 g/mol. The van der Waals surface area contributed by atoms with Crippen molar-refractivity contribution in [2.75, 3.05) is 6.61 Å². The predicted octanol–water partition coefficient (Wildman–Crippen LogP) is 4.56. The molecule has 0 N–H and O–H groups in total. The fourth-order valence-electron chi connectivity index (χ4n) is 2.41. The quantitative estimate of drug-likeness (QED) is 0.707. The fourth-order valence-corrected chi connectivity index (χ4v) is 4.85. The first kappa shape index (κ1) is 15.3. The Morgan fingerprint density at radius 2 is 2.00 bits per heavy atom. The number of esters is 1. The summed E-state index contributed by atoms with van der Waals surface area (Å²) in [4.78, 5) is 12.2. The monoisotopic (exact) mass is 268 g/mol. The van der Waals surface area contributed by atoms with Crippen LogP contribution in [0.1, 0.15) is 51.4 Å². The summed E-state index contributed by atoms with van der Waals surface area (Å²) in [6.07, 6.45) is 2.13. The predicted molar refractivity (Wildman–Crippen MR) is 78.4 cm³/mol. The van der Waals surface area contributed by atoms with Crippen LogP contribution in [-0.4, -0.2) is 12.6 Å². The fraction of sp³-hybridized carbons (Fsp3) is 0.667. The first-order valence-corrected chi connectivity index (χ1v) is 8.50. The second-order valence-electron chi connectivity index (χ2n) is 4.84. The number of rotatable bonds is 6. The third-order valence-electron chi connectivity index (χ3n) is 3.32. The summed E-state index contributed by atoms with van der Waals surface area (Å²) in [5, 5.41) is 1.36. The average Bonchev–Trinajstić information content (AvgIpc) is 2.72. The number of hydrogen-bond acceptors (Lipinski definition) is 2.